The summed E-state index contributed by atoms with van der Waals surface area (Å²) in [6, 6.07) is 3.03. The van der Waals surface area contributed by atoms with Crippen LogP contribution >= 0.6 is 12.4 Å². The van der Waals surface area contributed by atoms with Gasteiger partial charge in [0.05, 0.1) is 11.5 Å². The third-order valence-corrected chi connectivity index (χ3v) is 2.88. The lowest BCUT2D eigenvalue weighted by Crippen LogP contribution is -2.35. The lowest BCUT2D eigenvalue weighted by molar-refractivity contribution is -0.387. The Balaban J connectivity index is 0.00000441. The van der Waals surface area contributed by atoms with Gasteiger partial charge in [0.15, 0.2) is 0 Å². The Morgan fingerprint density at radius 1 is 1.55 bits per heavy atom. The van der Waals surface area contributed by atoms with Crippen molar-refractivity contribution in [2.24, 2.45) is 0 Å². The zero-order valence-corrected chi connectivity index (χ0v) is 12.9. The number of carbonyl (C=O) groups excluding carboxylic acids is 1. The Hall–Kier alpha value is -2.17. The minimum absolute atomic E-state index is 0. The average molecular weight is 330 g/mol. The van der Waals surface area contributed by atoms with Gasteiger partial charge in [0.2, 0.25) is 5.82 Å². The van der Waals surface area contributed by atoms with Gasteiger partial charge in [-0.3, -0.25) is 19.8 Å². The van der Waals surface area contributed by atoms with E-state index in [1.54, 1.807) is 0 Å². The average Bonchev–Trinajstić information content (AvgIpc) is 2.46. The molecule has 0 aliphatic heterocycles. The summed E-state index contributed by atoms with van der Waals surface area (Å²) in [5.41, 5.74) is -0.673. The molecule has 0 aliphatic carbocycles. The minimum atomic E-state index is -0.970. The predicted octanol–water partition coefficient (Wildman–Crippen LogP) is 1.84. The van der Waals surface area contributed by atoms with E-state index < -0.39 is 22.3 Å². The molecule has 0 bridgehead atoms. The maximum atomic E-state index is 13.2. The first kappa shape index (κ1) is 19.8. The Morgan fingerprint density at radius 2 is 2.23 bits per heavy atom. The maximum Gasteiger partial charge on any atom is 0.305 e. The van der Waals surface area contributed by atoms with E-state index in [0.717, 1.165) is 18.7 Å². The Labute approximate surface area is 134 Å². The largest absolute Gasteiger partial charge is 0.351 e. The first-order valence-electron chi connectivity index (χ1n) is 6.37. The van der Waals surface area contributed by atoms with E-state index in [0.29, 0.717) is 19.6 Å². The molecule has 0 aromatic heterocycles. The van der Waals surface area contributed by atoms with E-state index in [2.05, 4.69) is 11.2 Å². The summed E-state index contributed by atoms with van der Waals surface area (Å²) in [7, 11) is 0. The fourth-order valence-electron chi connectivity index (χ4n) is 1.70. The molecule has 1 N–H and O–H groups in total. The second-order valence-electron chi connectivity index (χ2n) is 4.25. The second-order valence-corrected chi connectivity index (χ2v) is 4.25. The summed E-state index contributed by atoms with van der Waals surface area (Å²) in [5.74, 6) is 1.05. The van der Waals surface area contributed by atoms with E-state index in [4.69, 9.17) is 6.42 Å². The van der Waals surface area contributed by atoms with Gasteiger partial charge in [-0.15, -0.1) is 18.8 Å². The predicted molar refractivity (Wildman–Crippen MR) is 83.6 cm³/mol. The number of terminal acetylenes is 1. The third-order valence-electron chi connectivity index (χ3n) is 2.88. The standard InChI is InChI=1S/C14H16FN3O3.ClH/c1-3-8-17(4-2)9-7-16-14(19)11-5-6-12(15)13(10-11)18(20)21;/h1,5-6,10H,4,7-9H2,2H3,(H,16,19);1H. The van der Waals surface area contributed by atoms with Crippen molar-refractivity contribution in [3.63, 3.8) is 0 Å². The molecular formula is C14H17ClFN3O3. The van der Waals surface area contributed by atoms with Crippen LogP contribution < -0.4 is 5.32 Å². The number of benzene rings is 1. The van der Waals surface area contributed by atoms with E-state index >= 15 is 0 Å². The highest BCUT2D eigenvalue weighted by Crippen LogP contribution is 2.18. The lowest BCUT2D eigenvalue weighted by atomic mass is 10.2. The number of hydrogen-bond acceptors (Lipinski definition) is 4. The summed E-state index contributed by atoms with van der Waals surface area (Å²) in [5, 5.41) is 13.2. The molecule has 8 heteroatoms. The van der Waals surface area contributed by atoms with Crippen molar-refractivity contribution in [3.8, 4) is 12.3 Å². The summed E-state index contributed by atoms with van der Waals surface area (Å²) in [6.45, 7) is 4.09. The highest BCUT2D eigenvalue weighted by molar-refractivity contribution is 5.94. The first-order chi connectivity index (χ1) is 9.99. The lowest BCUT2D eigenvalue weighted by Gasteiger charge is -2.17. The topological polar surface area (TPSA) is 75.5 Å². The highest BCUT2D eigenvalue weighted by Gasteiger charge is 2.17. The SMILES string of the molecule is C#CCN(CC)CCNC(=O)c1ccc(F)c([N+](=O)[O-])c1.Cl. The molecule has 0 spiro atoms. The van der Waals surface area contributed by atoms with Crippen LogP contribution in [-0.4, -0.2) is 41.9 Å². The number of nitrogens with one attached hydrogen (secondary N) is 1. The van der Waals surface area contributed by atoms with Crippen LogP contribution in [0.25, 0.3) is 0 Å². The molecule has 120 valence electrons. The quantitative estimate of drug-likeness (QED) is 0.470. The molecule has 22 heavy (non-hydrogen) atoms. The molecule has 0 aliphatic rings. The van der Waals surface area contributed by atoms with E-state index in [9.17, 15) is 19.3 Å². The van der Waals surface area contributed by atoms with Crippen molar-refractivity contribution in [2.75, 3.05) is 26.2 Å². The molecule has 0 radical (unpaired) electrons. The number of hydrogen-bond donors (Lipinski definition) is 1. The van der Waals surface area contributed by atoms with Gasteiger partial charge in [-0.05, 0) is 18.7 Å². The van der Waals surface area contributed by atoms with Gasteiger partial charge in [-0.2, -0.15) is 4.39 Å². The number of nitrogens with zero attached hydrogens (tertiary/aromatic N) is 2. The van der Waals surface area contributed by atoms with Gasteiger partial charge in [0.1, 0.15) is 0 Å². The summed E-state index contributed by atoms with van der Waals surface area (Å²) >= 11 is 0. The molecule has 6 nitrogen and oxygen atoms in total. The van der Waals surface area contributed by atoms with Crippen molar-refractivity contribution < 1.29 is 14.1 Å². The van der Waals surface area contributed by atoms with Crippen molar-refractivity contribution in [2.45, 2.75) is 6.92 Å². The number of halogens is 2. The van der Waals surface area contributed by atoms with Crippen molar-refractivity contribution >= 4 is 24.0 Å². The van der Waals surface area contributed by atoms with Crippen molar-refractivity contribution in [1.29, 1.82) is 0 Å². The van der Waals surface area contributed by atoms with Gasteiger partial charge in [0, 0.05) is 24.7 Å². The molecule has 0 atom stereocenters. The summed E-state index contributed by atoms with van der Waals surface area (Å²) in [4.78, 5) is 23.6. The van der Waals surface area contributed by atoms with Crippen molar-refractivity contribution in [3.05, 3.63) is 39.7 Å². The number of rotatable bonds is 7. The molecule has 1 aromatic carbocycles. The van der Waals surface area contributed by atoms with E-state index in [-0.39, 0.29) is 18.0 Å². The highest BCUT2D eigenvalue weighted by atomic mass is 35.5. The van der Waals surface area contributed by atoms with Crippen LogP contribution in [0, 0.1) is 28.3 Å². The molecular weight excluding hydrogens is 313 g/mol. The van der Waals surface area contributed by atoms with Crippen LogP contribution in [0.5, 0.6) is 0 Å². The van der Waals surface area contributed by atoms with Crippen molar-refractivity contribution in [1.82, 2.24) is 10.2 Å². The molecule has 1 rings (SSSR count). The van der Waals surface area contributed by atoms with Gasteiger partial charge < -0.3 is 5.32 Å². The van der Waals surface area contributed by atoms with E-state index in [1.165, 1.54) is 6.07 Å². The van der Waals surface area contributed by atoms with Crippen LogP contribution in [0.15, 0.2) is 18.2 Å². The maximum absolute atomic E-state index is 13.2. The monoisotopic (exact) mass is 329 g/mol. The molecule has 0 heterocycles. The number of carbonyl (C=O) groups is 1. The second kappa shape index (κ2) is 9.71. The number of amides is 1. The molecule has 0 unspecified atom stereocenters. The van der Waals surface area contributed by atoms with Gasteiger partial charge in [-0.1, -0.05) is 12.8 Å². The fraction of sp³-hybridized carbons (Fsp3) is 0.357. The molecule has 1 amide bonds. The Morgan fingerprint density at radius 3 is 2.77 bits per heavy atom. The zero-order chi connectivity index (χ0) is 15.8. The smallest absolute Gasteiger partial charge is 0.305 e. The van der Waals surface area contributed by atoms with Crippen LogP contribution in [-0.2, 0) is 0 Å². The first-order valence-corrected chi connectivity index (χ1v) is 6.37. The van der Waals surface area contributed by atoms with Crippen LogP contribution in [0.3, 0.4) is 0 Å². The third kappa shape index (κ3) is 5.68. The fourth-order valence-corrected chi connectivity index (χ4v) is 1.70. The zero-order valence-electron chi connectivity index (χ0n) is 12.0. The van der Waals surface area contributed by atoms with Crippen LogP contribution in [0.2, 0.25) is 0 Å². The van der Waals surface area contributed by atoms with Gasteiger partial charge in [0.25, 0.3) is 5.91 Å². The molecule has 0 fully saturated rings. The minimum Gasteiger partial charge on any atom is -0.351 e. The molecule has 1 aromatic rings. The Kier molecular flexibility index (Phi) is 8.75. The van der Waals surface area contributed by atoms with Crippen LogP contribution in [0.4, 0.5) is 10.1 Å². The Bertz CT molecular complexity index is 575. The molecule has 0 saturated heterocycles. The number of nitro benzene ring substituents is 1. The van der Waals surface area contributed by atoms with E-state index in [1.807, 2.05) is 11.8 Å². The molecule has 0 saturated carbocycles. The van der Waals surface area contributed by atoms with Crippen LogP contribution in [0.1, 0.15) is 17.3 Å². The number of likely N-dealkylation sites (N-methyl/N-ethyl adjacent to an activating group) is 1. The normalized spacial score (nSPS) is 9.73. The van der Waals surface area contributed by atoms with Gasteiger partial charge >= 0.3 is 5.69 Å². The number of nitro groups is 1. The summed E-state index contributed by atoms with van der Waals surface area (Å²) < 4.78 is 13.2. The summed E-state index contributed by atoms with van der Waals surface area (Å²) in [6.07, 6.45) is 5.21. The van der Waals surface area contributed by atoms with Gasteiger partial charge in [-0.25, -0.2) is 0 Å².